The summed E-state index contributed by atoms with van der Waals surface area (Å²) in [5.74, 6) is 1.10. The summed E-state index contributed by atoms with van der Waals surface area (Å²) in [6, 6.07) is 13.2. The van der Waals surface area contributed by atoms with Crippen LogP contribution in [0.2, 0.25) is 0 Å². The Morgan fingerprint density at radius 3 is 2.79 bits per heavy atom. The van der Waals surface area contributed by atoms with Gasteiger partial charge < -0.3 is 35.0 Å². The molecule has 12 nitrogen and oxygen atoms in total. The second-order valence-corrected chi connectivity index (χ2v) is 10.6. The number of carbonyl (C=O) groups excluding carboxylic acids is 1. The number of nitrogens with zero attached hydrogens (tertiary/aromatic N) is 6. The third-order valence-electron chi connectivity index (χ3n) is 7.61. The Bertz CT molecular complexity index is 1500. The maximum atomic E-state index is 14.9. The van der Waals surface area contributed by atoms with E-state index in [1.54, 1.807) is 25.3 Å². The summed E-state index contributed by atoms with van der Waals surface area (Å²) in [4.78, 5) is 28.7. The molecule has 3 heterocycles. The van der Waals surface area contributed by atoms with Crippen molar-refractivity contribution in [3.05, 3.63) is 48.3 Å². The number of nitriles is 1. The zero-order valence-corrected chi connectivity index (χ0v) is 24.3. The molecule has 43 heavy (non-hydrogen) atoms. The van der Waals surface area contributed by atoms with Crippen molar-refractivity contribution in [2.45, 2.75) is 44.7 Å². The zero-order valence-electron chi connectivity index (χ0n) is 24.3. The van der Waals surface area contributed by atoms with Crippen molar-refractivity contribution in [2.24, 2.45) is 0 Å². The first-order valence-electron chi connectivity index (χ1n) is 14.2. The molecular formula is C30H35FN8O4. The molecule has 3 aromatic rings. The largest absolute Gasteiger partial charge is 0.495 e. The molecule has 2 aromatic carbocycles. The van der Waals surface area contributed by atoms with Gasteiger partial charge in [0.15, 0.2) is 12.0 Å². The number of aromatic nitrogens is 3. The molecular weight excluding hydrogens is 555 g/mol. The number of alkyl halides is 1. The first-order chi connectivity index (χ1) is 20.8. The molecule has 4 atom stereocenters. The van der Waals surface area contributed by atoms with Crippen LogP contribution < -0.4 is 25.0 Å². The van der Waals surface area contributed by atoms with Gasteiger partial charge in [-0.2, -0.15) is 10.2 Å². The van der Waals surface area contributed by atoms with Gasteiger partial charge in [-0.25, -0.2) is 14.4 Å². The summed E-state index contributed by atoms with van der Waals surface area (Å²) >= 11 is 0. The number of rotatable bonds is 8. The van der Waals surface area contributed by atoms with Crippen LogP contribution in [0.4, 0.5) is 21.7 Å². The van der Waals surface area contributed by atoms with Gasteiger partial charge in [-0.3, -0.25) is 4.79 Å². The van der Waals surface area contributed by atoms with Gasteiger partial charge in [-0.1, -0.05) is 0 Å². The van der Waals surface area contributed by atoms with E-state index in [1.165, 1.54) is 18.2 Å². The maximum absolute atomic E-state index is 14.9. The van der Waals surface area contributed by atoms with Crippen LogP contribution in [0, 0.1) is 11.3 Å². The van der Waals surface area contributed by atoms with E-state index in [0.717, 1.165) is 36.8 Å². The van der Waals surface area contributed by atoms with Gasteiger partial charge in [-0.05, 0) is 44.2 Å². The number of amides is 1. The minimum absolute atomic E-state index is 0.182. The van der Waals surface area contributed by atoms with Gasteiger partial charge in [0.25, 0.3) is 5.91 Å². The van der Waals surface area contributed by atoms with E-state index in [9.17, 15) is 19.6 Å². The van der Waals surface area contributed by atoms with Crippen LogP contribution in [0.1, 0.15) is 25.8 Å². The van der Waals surface area contributed by atoms with Crippen LogP contribution in [0.25, 0.3) is 11.4 Å². The average Bonchev–Trinajstić information content (AvgIpc) is 3.02. The van der Waals surface area contributed by atoms with Crippen LogP contribution in [0.3, 0.4) is 0 Å². The van der Waals surface area contributed by atoms with Gasteiger partial charge >= 0.3 is 0 Å². The normalized spacial score (nSPS) is 21.1. The van der Waals surface area contributed by atoms with E-state index in [1.807, 2.05) is 18.2 Å². The lowest BCUT2D eigenvalue weighted by Crippen LogP contribution is -2.51. The fourth-order valence-corrected chi connectivity index (χ4v) is 5.32. The predicted octanol–water partition coefficient (Wildman–Crippen LogP) is 2.66. The zero-order chi connectivity index (χ0) is 30.5. The van der Waals surface area contributed by atoms with Crippen molar-refractivity contribution in [3.8, 4) is 29.0 Å². The highest BCUT2D eigenvalue weighted by molar-refractivity contribution is 5.80. The Morgan fingerprint density at radius 2 is 2.07 bits per heavy atom. The van der Waals surface area contributed by atoms with Gasteiger partial charge in [0.2, 0.25) is 5.95 Å². The summed E-state index contributed by atoms with van der Waals surface area (Å²) in [5, 5.41) is 25.9. The molecule has 2 aliphatic rings. The second-order valence-electron chi connectivity index (χ2n) is 10.6. The molecule has 0 aliphatic carbocycles. The fourth-order valence-electron chi connectivity index (χ4n) is 5.32. The molecule has 2 unspecified atom stereocenters. The standard InChI is InChI=1S/C30H35FN8O4/c1-18-15-33-9-11-39(18)24-6-5-22(13-27(24)42-3)36-30-35-17-34-28(37-30)20-4-7-25(21(12-20)14-32)43-26-8-10-38(16-23(26)31)29(41)19(2)40/h4-7,12-13,17-19,23,26,33,40H,8-11,15-16H2,1-3H3,(H,34,35,36,37)/t18?,19?,23-,26+/m1/s1. The molecule has 5 rings (SSSR count). The number of aliphatic hydroxyl groups is 1. The second kappa shape index (κ2) is 13.2. The quantitative estimate of drug-likeness (QED) is 0.356. The number of hydrogen-bond acceptors (Lipinski definition) is 11. The molecule has 226 valence electrons. The smallest absolute Gasteiger partial charge is 0.251 e. The van der Waals surface area contributed by atoms with E-state index in [2.05, 4.69) is 43.5 Å². The molecule has 1 amide bonds. The Morgan fingerprint density at radius 1 is 1.23 bits per heavy atom. The number of carbonyl (C=O) groups is 1. The number of aliphatic hydroxyl groups excluding tert-OH is 1. The molecule has 0 saturated carbocycles. The summed E-state index contributed by atoms with van der Waals surface area (Å²) < 4.78 is 26.4. The Kier molecular flexibility index (Phi) is 9.18. The number of ether oxygens (including phenoxy) is 2. The third kappa shape index (κ3) is 6.76. The number of piperazine rings is 1. The molecule has 2 fully saturated rings. The first-order valence-corrected chi connectivity index (χ1v) is 14.2. The summed E-state index contributed by atoms with van der Waals surface area (Å²) in [6.07, 6.45) is -1.88. The Labute approximate surface area is 249 Å². The van der Waals surface area contributed by atoms with Crippen molar-refractivity contribution in [3.63, 3.8) is 0 Å². The molecule has 2 saturated heterocycles. The monoisotopic (exact) mass is 590 g/mol. The minimum Gasteiger partial charge on any atom is -0.495 e. The van der Waals surface area contributed by atoms with Crippen LogP contribution in [0.5, 0.6) is 11.5 Å². The number of hydrogen-bond donors (Lipinski definition) is 3. The number of anilines is 3. The lowest BCUT2D eigenvalue weighted by atomic mass is 10.0. The molecule has 3 N–H and O–H groups in total. The third-order valence-corrected chi connectivity index (χ3v) is 7.61. The Hall–Kier alpha value is -4.54. The Balaban J connectivity index is 1.29. The number of piperidine rings is 1. The van der Waals surface area contributed by atoms with E-state index in [4.69, 9.17) is 9.47 Å². The van der Waals surface area contributed by atoms with Gasteiger partial charge in [0.1, 0.15) is 36.1 Å². The lowest BCUT2D eigenvalue weighted by Gasteiger charge is -2.36. The molecule has 13 heteroatoms. The number of halogens is 1. The molecule has 0 spiro atoms. The molecule has 2 aliphatic heterocycles. The summed E-state index contributed by atoms with van der Waals surface area (Å²) in [5.41, 5.74) is 2.51. The topological polar surface area (TPSA) is 149 Å². The van der Waals surface area contributed by atoms with E-state index in [-0.39, 0.29) is 30.8 Å². The van der Waals surface area contributed by atoms with Gasteiger partial charge in [0, 0.05) is 56.0 Å². The van der Waals surface area contributed by atoms with Crippen molar-refractivity contribution in [1.82, 2.24) is 25.2 Å². The first kappa shape index (κ1) is 29.9. The van der Waals surface area contributed by atoms with Crippen molar-refractivity contribution in [1.29, 1.82) is 5.26 Å². The molecule has 0 bridgehead atoms. The highest BCUT2D eigenvalue weighted by Crippen LogP contribution is 2.34. The van der Waals surface area contributed by atoms with Crippen LogP contribution >= 0.6 is 0 Å². The minimum atomic E-state index is -1.47. The maximum Gasteiger partial charge on any atom is 0.251 e. The number of nitrogens with one attached hydrogen (secondary N) is 2. The van der Waals surface area contributed by atoms with Crippen molar-refractivity contribution >= 4 is 23.2 Å². The highest BCUT2D eigenvalue weighted by atomic mass is 19.1. The predicted molar refractivity (Wildman–Crippen MR) is 158 cm³/mol. The van der Waals surface area contributed by atoms with E-state index >= 15 is 0 Å². The van der Waals surface area contributed by atoms with E-state index in [0.29, 0.717) is 23.4 Å². The average molecular weight is 591 g/mol. The van der Waals surface area contributed by atoms with Crippen molar-refractivity contribution in [2.75, 3.05) is 50.1 Å². The van der Waals surface area contributed by atoms with Crippen LogP contribution in [0.15, 0.2) is 42.7 Å². The molecule has 0 radical (unpaired) electrons. The van der Waals surface area contributed by atoms with E-state index < -0.39 is 24.3 Å². The van der Waals surface area contributed by atoms with Crippen molar-refractivity contribution < 1.29 is 23.8 Å². The summed E-state index contributed by atoms with van der Waals surface area (Å²) in [7, 11) is 1.64. The lowest BCUT2D eigenvalue weighted by molar-refractivity contribution is -0.143. The number of methoxy groups -OCH3 is 1. The van der Waals surface area contributed by atoms with Gasteiger partial charge in [-0.15, -0.1) is 0 Å². The van der Waals surface area contributed by atoms with Crippen LogP contribution in [-0.2, 0) is 4.79 Å². The number of likely N-dealkylation sites (tertiary alicyclic amines) is 1. The fraction of sp³-hybridized carbons (Fsp3) is 0.433. The summed E-state index contributed by atoms with van der Waals surface area (Å²) in [6.45, 7) is 6.29. The van der Waals surface area contributed by atoms with Gasteiger partial charge in [0.05, 0.1) is 24.9 Å². The SMILES string of the molecule is COc1cc(Nc2ncnc(-c3ccc(O[C@H]4CCN(C(=O)C(C)O)C[C@H]4F)c(C#N)c3)n2)ccc1N1CCNCC1C. The van der Waals surface area contributed by atoms with Crippen LogP contribution in [-0.4, -0.2) is 95.1 Å². The highest BCUT2D eigenvalue weighted by Gasteiger charge is 2.34. The number of benzene rings is 2. The molecule has 1 aromatic heterocycles.